The molecule has 1 aromatic heterocycles. The minimum atomic E-state index is -1.00. The maximum Gasteiger partial charge on any atom is 0.244 e. The van der Waals surface area contributed by atoms with Crippen LogP contribution in [0.2, 0.25) is 0 Å². The molecular weight excluding hydrogens is 222 g/mol. The molecule has 1 heterocycles. The lowest BCUT2D eigenvalue weighted by molar-refractivity contribution is -0.119. The summed E-state index contributed by atoms with van der Waals surface area (Å²) in [6.45, 7) is 0.911. The second kappa shape index (κ2) is 5.60. The Labute approximate surface area is 99.6 Å². The Kier molecular flexibility index (Phi) is 4.42. The van der Waals surface area contributed by atoms with Crippen molar-refractivity contribution in [3.8, 4) is 0 Å². The Hall–Kier alpha value is -1.66. The van der Waals surface area contributed by atoms with Gasteiger partial charge >= 0.3 is 0 Å². The number of hydrogen-bond donors (Lipinski definition) is 3. The van der Waals surface area contributed by atoms with Crippen molar-refractivity contribution >= 4 is 12.0 Å². The van der Waals surface area contributed by atoms with Gasteiger partial charge in [0.05, 0.1) is 24.9 Å². The molecule has 1 rings (SSSR count). The average Bonchev–Trinajstić information content (AvgIpc) is 2.72. The second-order valence-corrected chi connectivity index (χ2v) is 4.15. The highest BCUT2D eigenvalue weighted by Gasteiger charge is 2.23. The molecule has 0 unspecified atom stereocenters. The third-order valence-electron chi connectivity index (χ3n) is 2.27. The van der Waals surface area contributed by atoms with Gasteiger partial charge in [0, 0.05) is 24.9 Å². The Bertz CT molecular complexity index is 408. The van der Waals surface area contributed by atoms with Crippen LogP contribution < -0.4 is 5.32 Å². The smallest absolute Gasteiger partial charge is 0.244 e. The predicted molar refractivity (Wildman–Crippen MR) is 63.0 cm³/mol. The summed E-state index contributed by atoms with van der Waals surface area (Å²) in [6, 6.07) is 0. The van der Waals surface area contributed by atoms with Crippen molar-refractivity contribution in [1.29, 1.82) is 0 Å². The van der Waals surface area contributed by atoms with Crippen LogP contribution in [0.1, 0.15) is 12.5 Å². The molecule has 1 amide bonds. The fraction of sp³-hybridized carbons (Fsp3) is 0.455. The van der Waals surface area contributed by atoms with Crippen LogP contribution in [0.25, 0.3) is 6.08 Å². The van der Waals surface area contributed by atoms with Gasteiger partial charge in [0.1, 0.15) is 0 Å². The van der Waals surface area contributed by atoms with Crippen molar-refractivity contribution < 1.29 is 15.0 Å². The molecule has 0 saturated carbocycles. The van der Waals surface area contributed by atoms with Gasteiger partial charge in [0.25, 0.3) is 0 Å². The number of hydrogen-bond acceptors (Lipinski definition) is 4. The van der Waals surface area contributed by atoms with Crippen molar-refractivity contribution in [3.05, 3.63) is 24.0 Å². The average molecular weight is 239 g/mol. The molecule has 0 aliphatic heterocycles. The van der Waals surface area contributed by atoms with E-state index in [1.165, 1.54) is 6.08 Å². The zero-order valence-electron chi connectivity index (χ0n) is 9.92. The van der Waals surface area contributed by atoms with Crippen molar-refractivity contribution in [2.75, 3.05) is 13.2 Å². The van der Waals surface area contributed by atoms with E-state index in [1.54, 1.807) is 37.1 Å². The van der Waals surface area contributed by atoms with Gasteiger partial charge in [-0.15, -0.1) is 0 Å². The van der Waals surface area contributed by atoms with Crippen LogP contribution in [0.4, 0.5) is 0 Å². The number of carbonyl (C=O) groups is 1. The van der Waals surface area contributed by atoms with Crippen LogP contribution in [0.3, 0.4) is 0 Å². The third kappa shape index (κ3) is 4.01. The molecule has 0 aliphatic rings. The first-order valence-electron chi connectivity index (χ1n) is 5.20. The van der Waals surface area contributed by atoms with E-state index in [4.69, 9.17) is 10.2 Å². The van der Waals surface area contributed by atoms with Gasteiger partial charge in [-0.25, -0.2) is 0 Å². The van der Waals surface area contributed by atoms with Gasteiger partial charge in [-0.3, -0.25) is 9.48 Å². The molecule has 0 aliphatic carbocycles. The zero-order chi connectivity index (χ0) is 12.9. The van der Waals surface area contributed by atoms with Crippen LogP contribution >= 0.6 is 0 Å². The van der Waals surface area contributed by atoms with Crippen molar-refractivity contribution in [3.63, 3.8) is 0 Å². The summed E-state index contributed by atoms with van der Waals surface area (Å²) in [6.07, 6.45) is 6.33. The maximum absolute atomic E-state index is 11.5. The third-order valence-corrected chi connectivity index (χ3v) is 2.27. The van der Waals surface area contributed by atoms with Gasteiger partial charge < -0.3 is 15.5 Å². The van der Waals surface area contributed by atoms with Crippen LogP contribution in [0, 0.1) is 0 Å². The Morgan fingerprint density at radius 2 is 2.24 bits per heavy atom. The minimum Gasteiger partial charge on any atom is -0.394 e. The summed E-state index contributed by atoms with van der Waals surface area (Å²) >= 11 is 0. The first kappa shape index (κ1) is 13.4. The number of nitrogens with zero attached hydrogens (tertiary/aromatic N) is 2. The highest BCUT2D eigenvalue weighted by molar-refractivity contribution is 5.92. The fourth-order valence-electron chi connectivity index (χ4n) is 1.17. The molecule has 0 radical (unpaired) electrons. The van der Waals surface area contributed by atoms with Crippen molar-refractivity contribution in [2.24, 2.45) is 7.05 Å². The van der Waals surface area contributed by atoms with Gasteiger partial charge in [0.2, 0.25) is 5.91 Å². The summed E-state index contributed by atoms with van der Waals surface area (Å²) in [5.74, 6) is -0.376. The molecule has 0 fully saturated rings. The predicted octanol–water partition coefficient (Wildman–Crippen LogP) is -0.707. The highest BCUT2D eigenvalue weighted by atomic mass is 16.3. The van der Waals surface area contributed by atoms with Gasteiger partial charge in [-0.1, -0.05) is 0 Å². The van der Waals surface area contributed by atoms with E-state index in [0.29, 0.717) is 0 Å². The standard InChI is InChI=1S/C11H17N3O3/c1-11(7-15,8-16)13-10(17)4-3-9-5-12-14(2)6-9/h3-6,15-16H,7-8H2,1-2H3,(H,13,17)/b4-3+. The first-order chi connectivity index (χ1) is 7.99. The SMILES string of the molecule is Cn1cc(/C=C/C(=O)NC(C)(CO)CO)cn1. The summed E-state index contributed by atoms with van der Waals surface area (Å²) < 4.78 is 1.63. The number of aliphatic hydroxyl groups is 2. The van der Waals surface area contributed by atoms with E-state index in [9.17, 15) is 4.79 Å². The molecule has 0 aromatic carbocycles. The maximum atomic E-state index is 11.5. The number of rotatable bonds is 5. The molecule has 1 aromatic rings. The number of nitrogens with one attached hydrogen (secondary N) is 1. The topological polar surface area (TPSA) is 87.4 Å². The van der Waals surface area contributed by atoms with E-state index in [0.717, 1.165) is 5.56 Å². The molecule has 6 heteroatoms. The molecule has 17 heavy (non-hydrogen) atoms. The Morgan fingerprint density at radius 3 is 2.71 bits per heavy atom. The highest BCUT2D eigenvalue weighted by Crippen LogP contribution is 2.02. The fourth-order valence-corrected chi connectivity index (χ4v) is 1.17. The quantitative estimate of drug-likeness (QED) is 0.592. The lowest BCUT2D eigenvalue weighted by Crippen LogP contribution is -2.51. The molecule has 0 saturated heterocycles. The van der Waals surface area contributed by atoms with Gasteiger partial charge in [0.15, 0.2) is 0 Å². The molecule has 3 N–H and O–H groups in total. The van der Waals surface area contributed by atoms with Gasteiger partial charge in [-0.05, 0) is 13.0 Å². The first-order valence-corrected chi connectivity index (χ1v) is 5.20. The van der Waals surface area contributed by atoms with E-state index < -0.39 is 5.54 Å². The summed E-state index contributed by atoms with van der Waals surface area (Å²) in [5.41, 5.74) is -0.201. The zero-order valence-corrected chi connectivity index (χ0v) is 9.92. The number of carbonyl (C=O) groups excluding carboxylic acids is 1. The van der Waals surface area contributed by atoms with E-state index >= 15 is 0 Å². The molecule has 0 spiro atoms. The lowest BCUT2D eigenvalue weighted by Gasteiger charge is -2.25. The normalized spacial score (nSPS) is 12.0. The second-order valence-electron chi connectivity index (χ2n) is 4.15. The minimum absolute atomic E-state index is 0.323. The number of aliphatic hydroxyl groups excluding tert-OH is 2. The number of aryl methyl sites for hydroxylation is 1. The monoisotopic (exact) mass is 239 g/mol. The molecule has 94 valence electrons. The summed E-state index contributed by atoms with van der Waals surface area (Å²) in [5, 5.41) is 24.5. The summed E-state index contributed by atoms with van der Waals surface area (Å²) in [7, 11) is 1.78. The molecule has 0 atom stereocenters. The van der Waals surface area contributed by atoms with Crippen LogP contribution in [0.15, 0.2) is 18.5 Å². The molecule has 6 nitrogen and oxygen atoms in total. The summed E-state index contributed by atoms with van der Waals surface area (Å²) in [4.78, 5) is 11.5. The van der Waals surface area contributed by atoms with Crippen LogP contribution in [0.5, 0.6) is 0 Å². The van der Waals surface area contributed by atoms with Crippen LogP contribution in [-0.4, -0.2) is 44.7 Å². The molecular formula is C11H17N3O3. The van der Waals surface area contributed by atoms with Gasteiger partial charge in [-0.2, -0.15) is 5.10 Å². The molecule has 0 bridgehead atoms. The largest absolute Gasteiger partial charge is 0.394 e. The lowest BCUT2D eigenvalue weighted by atomic mass is 10.1. The number of aromatic nitrogens is 2. The van der Waals surface area contributed by atoms with Crippen molar-refractivity contribution in [2.45, 2.75) is 12.5 Å². The van der Waals surface area contributed by atoms with E-state index in [2.05, 4.69) is 10.4 Å². The van der Waals surface area contributed by atoms with E-state index in [-0.39, 0.29) is 19.1 Å². The number of amides is 1. The van der Waals surface area contributed by atoms with Crippen LogP contribution in [-0.2, 0) is 11.8 Å². The van der Waals surface area contributed by atoms with E-state index in [1.807, 2.05) is 0 Å². The Balaban J connectivity index is 2.58. The van der Waals surface area contributed by atoms with Crippen molar-refractivity contribution in [1.82, 2.24) is 15.1 Å². The Morgan fingerprint density at radius 1 is 1.59 bits per heavy atom.